The number of aromatic nitrogens is 3. The molecule has 0 radical (unpaired) electrons. The fraction of sp³-hybridized carbons (Fsp3) is 0.500. The monoisotopic (exact) mass is 327 g/mol. The van der Waals surface area contributed by atoms with E-state index in [9.17, 15) is 4.79 Å². The summed E-state index contributed by atoms with van der Waals surface area (Å²) in [5.41, 5.74) is 2.09. The molecule has 6 heteroatoms. The molecule has 1 aromatic heterocycles. The predicted octanol–water partition coefficient (Wildman–Crippen LogP) is 2.22. The molecule has 1 aromatic carbocycles. The summed E-state index contributed by atoms with van der Waals surface area (Å²) in [5, 5.41) is 7.62. The van der Waals surface area contributed by atoms with Crippen LogP contribution >= 0.6 is 0 Å². The molecule has 1 heterocycles. The number of anilines is 1. The number of benzene rings is 1. The largest absolute Gasteiger partial charge is 0.376 e. The van der Waals surface area contributed by atoms with Crippen molar-refractivity contribution >= 4 is 11.6 Å². The third kappa shape index (κ3) is 4.34. The van der Waals surface area contributed by atoms with Crippen molar-refractivity contribution in [3.63, 3.8) is 0 Å². The minimum Gasteiger partial charge on any atom is -0.376 e. The number of carbonyl (C=O) groups is 1. The van der Waals surface area contributed by atoms with Crippen molar-refractivity contribution in [2.24, 2.45) is 5.92 Å². The molecule has 1 aliphatic rings. The predicted molar refractivity (Wildman–Crippen MR) is 93.9 cm³/mol. The summed E-state index contributed by atoms with van der Waals surface area (Å²) in [7, 11) is 1.88. The van der Waals surface area contributed by atoms with Crippen molar-refractivity contribution in [3.8, 4) is 0 Å². The van der Waals surface area contributed by atoms with Crippen LogP contribution in [0.1, 0.15) is 30.1 Å². The normalized spacial score (nSPS) is 13.8. The molecule has 0 bridgehead atoms. The van der Waals surface area contributed by atoms with Crippen molar-refractivity contribution in [1.29, 1.82) is 0 Å². The van der Waals surface area contributed by atoms with Gasteiger partial charge < -0.3 is 10.2 Å². The first-order chi connectivity index (χ1) is 11.5. The first-order valence-corrected chi connectivity index (χ1v) is 8.46. The quantitative estimate of drug-likeness (QED) is 0.847. The average Bonchev–Trinajstić information content (AvgIpc) is 3.30. The fourth-order valence-electron chi connectivity index (χ4n) is 2.77. The number of rotatable bonds is 7. The third-order valence-corrected chi connectivity index (χ3v) is 4.32. The van der Waals surface area contributed by atoms with E-state index < -0.39 is 0 Å². The highest BCUT2D eigenvalue weighted by Gasteiger charge is 2.24. The first-order valence-electron chi connectivity index (χ1n) is 8.46. The van der Waals surface area contributed by atoms with Crippen LogP contribution in [-0.4, -0.2) is 45.7 Å². The van der Waals surface area contributed by atoms with Crippen molar-refractivity contribution in [2.45, 2.75) is 33.2 Å². The summed E-state index contributed by atoms with van der Waals surface area (Å²) in [5.74, 6) is 2.54. The SMILES string of the molecule is Cc1nc(C)n(Cc2cccc(NCC(=O)N(C)CC3CC3)c2)n1. The summed E-state index contributed by atoms with van der Waals surface area (Å²) in [6.45, 7) is 5.74. The number of hydrogen-bond donors (Lipinski definition) is 1. The average molecular weight is 327 g/mol. The van der Waals surface area contributed by atoms with Gasteiger partial charge in [-0.05, 0) is 50.3 Å². The zero-order chi connectivity index (χ0) is 17.1. The zero-order valence-corrected chi connectivity index (χ0v) is 14.6. The number of amides is 1. The molecule has 6 nitrogen and oxygen atoms in total. The van der Waals surface area contributed by atoms with Crippen molar-refractivity contribution in [2.75, 3.05) is 25.5 Å². The Morgan fingerprint density at radius 2 is 2.17 bits per heavy atom. The molecule has 3 rings (SSSR count). The second-order valence-corrected chi connectivity index (χ2v) is 6.64. The summed E-state index contributed by atoms with van der Waals surface area (Å²) in [6.07, 6.45) is 2.52. The molecule has 0 spiro atoms. The Morgan fingerprint density at radius 3 is 2.83 bits per heavy atom. The molecule has 1 fully saturated rings. The lowest BCUT2D eigenvalue weighted by molar-refractivity contribution is -0.128. The highest BCUT2D eigenvalue weighted by Crippen LogP contribution is 2.29. The number of nitrogens with one attached hydrogen (secondary N) is 1. The molecule has 0 unspecified atom stereocenters. The van der Waals surface area contributed by atoms with Crippen molar-refractivity contribution in [3.05, 3.63) is 41.5 Å². The molecular formula is C18H25N5O. The summed E-state index contributed by atoms with van der Waals surface area (Å²) in [6, 6.07) is 8.10. The smallest absolute Gasteiger partial charge is 0.241 e. The lowest BCUT2D eigenvalue weighted by Crippen LogP contribution is -2.33. The van der Waals surface area contributed by atoms with Gasteiger partial charge in [0.15, 0.2) is 0 Å². The van der Waals surface area contributed by atoms with E-state index in [2.05, 4.69) is 27.5 Å². The van der Waals surface area contributed by atoms with Gasteiger partial charge in [0.2, 0.25) is 5.91 Å². The highest BCUT2D eigenvalue weighted by molar-refractivity contribution is 5.80. The molecule has 1 N–H and O–H groups in total. The molecule has 1 aliphatic carbocycles. The minimum absolute atomic E-state index is 0.134. The van der Waals surface area contributed by atoms with Crippen molar-refractivity contribution < 1.29 is 4.79 Å². The van der Waals surface area contributed by atoms with E-state index in [0.717, 1.165) is 35.4 Å². The molecule has 0 atom stereocenters. The van der Waals surface area contributed by atoms with E-state index in [0.29, 0.717) is 13.1 Å². The summed E-state index contributed by atoms with van der Waals surface area (Å²) >= 11 is 0. The molecule has 0 aliphatic heterocycles. The Morgan fingerprint density at radius 1 is 1.38 bits per heavy atom. The third-order valence-electron chi connectivity index (χ3n) is 4.32. The second kappa shape index (κ2) is 7.03. The van der Waals surface area contributed by atoms with Crippen LogP contribution in [-0.2, 0) is 11.3 Å². The van der Waals surface area contributed by atoms with Crippen LogP contribution in [0.25, 0.3) is 0 Å². The van der Waals surface area contributed by atoms with Crippen LogP contribution in [0.3, 0.4) is 0 Å². The van der Waals surface area contributed by atoms with Crippen LogP contribution in [0.15, 0.2) is 24.3 Å². The van der Waals surface area contributed by atoms with Gasteiger partial charge in [-0.3, -0.25) is 4.79 Å². The van der Waals surface area contributed by atoms with E-state index in [1.54, 1.807) is 0 Å². The number of hydrogen-bond acceptors (Lipinski definition) is 4. The molecule has 0 saturated heterocycles. The fourth-order valence-corrected chi connectivity index (χ4v) is 2.77. The second-order valence-electron chi connectivity index (χ2n) is 6.64. The number of nitrogens with zero attached hydrogens (tertiary/aromatic N) is 4. The van der Waals surface area contributed by atoms with Crippen LogP contribution in [0.2, 0.25) is 0 Å². The van der Waals surface area contributed by atoms with Gasteiger partial charge in [-0.1, -0.05) is 12.1 Å². The van der Waals surface area contributed by atoms with Gasteiger partial charge in [-0.2, -0.15) is 5.10 Å². The van der Waals surface area contributed by atoms with Crippen molar-refractivity contribution in [1.82, 2.24) is 19.7 Å². The molecular weight excluding hydrogens is 302 g/mol. The van der Waals surface area contributed by atoms with Gasteiger partial charge in [0.1, 0.15) is 11.6 Å². The van der Waals surface area contributed by atoms with E-state index in [4.69, 9.17) is 0 Å². The van der Waals surface area contributed by atoms with Gasteiger partial charge >= 0.3 is 0 Å². The topological polar surface area (TPSA) is 63.1 Å². The Bertz CT molecular complexity index is 720. The highest BCUT2D eigenvalue weighted by atomic mass is 16.2. The van der Waals surface area contributed by atoms with Crippen LogP contribution < -0.4 is 5.32 Å². The Labute approximate surface area is 142 Å². The molecule has 24 heavy (non-hydrogen) atoms. The first kappa shape index (κ1) is 16.5. The van der Waals surface area contributed by atoms with E-state index in [-0.39, 0.29) is 5.91 Å². The zero-order valence-electron chi connectivity index (χ0n) is 14.6. The maximum absolute atomic E-state index is 12.1. The lowest BCUT2D eigenvalue weighted by Gasteiger charge is -2.17. The lowest BCUT2D eigenvalue weighted by atomic mass is 10.2. The van der Waals surface area contributed by atoms with Gasteiger partial charge in [-0.15, -0.1) is 0 Å². The van der Waals surface area contributed by atoms with Crippen LogP contribution in [0, 0.1) is 19.8 Å². The Kier molecular flexibility index (Phi) is 4.83. The Balaban J connectivity index is 1.56. The summed E-state index contributed by atoms with van der Waals surface area (Å²) in [4.78, 5) is 18.3. The molecule has 1 saturated carbocycles. The molecule has 2 aromatic rings. The minimum atomic E-state index is 0.134. The van der Waals surface area contributed by atoms with E-state index in [1.165, 1.54) is 12.8 Å². The van der Waals surface area contributed by atoms with Crippen LogP contribution in [0.4, 0.5) is 5.69 Å². The van der Waals surface area contributed by atoms with Gasteiger partial charge in [-0.25, -0.2) is 9.67 Å². The standard InChI is InChI=1S/C18H25N5O/c1-13-20-14(2)23(21-13)12-16-5-4-6-17(9-16)19-10-18(24)22(3)11-15-7-8-15/h4-6,9,15,19H,7-8,10-12H2,1-3H3. The molecule has 1 amide bonds. The van der Waals surface area contributed by atoms with Gasteiger partial charge in [0.05, 0.1) is 13.1 Å². The maximum Gasteiger partial charge on any atom is 0.241 e. The van der Waals surface area contributed by atoms with E-state index in [1.807, 2.05) is 42.6 Å². The Hall–Kier alpha value is -2.37. The molecule has 128 valence electrons. The van der Waals surface area contributed by atoms with Gasteiger partial charge in [0.25, 0.3) is 0 Å². The van der Waals surface area contributed by atoms with Gasteiger partial charge in [0, 0.05) is 19.3 Å². The number of carbonyl (C=O) groups excluding carboxylic acids is 1. The summed E-state index contributed by atoms with van der Waals surface area (Å²) < 4.78 is 1.89. The maximum atomic E-state index is 12.1. The number of aryl methyl sites for hydroxylation is 2. The van der Waals surface area contributed by atoms with E-state index >= 15 is 0 Å². The van der Waals surface area contributed by atoms with Crippen LogP contribution in [0.5, 0.6) is 0 Å². The number of likely N-dealkylation sites (N-methyl/N-ethyl adjacent to an activating group) is 1.